The fraction of sp³-hybridized carbons (Fsp3) is 0.435. The van der Waals surface area contributed by atoms with Crippen LogP contribution in [-0.4, -0.2) is 48.4 Å². The van der Waals surface area contributed by atoms with Crippen LogP contribution in [0.4, 0.5) is 5.69 Å². The number of benzene rings is 1. The Labute approximate surface area is 177 Å². The van der Waals surface area contributed by atoms with Gasteiger partial charge >= 0.3 is 0 Å². The molecular formula is C23H30N4O3. The van der Waals surface area contributed by atoms with Crippen molar-refractivity contribution in [1.29, 1.82) is 0 Å². The van der Waals surface area contributed by atoms with Gasteiger partial charge in [-0.3, -0.25) is 19.5 Å². The van der Waals surface area contributed by atoms with E-state index in [0.717, 1.165) is 31.6 Å². The van der Waals surface area contributed by atoms with Gasteiger partial charge in [-0.05, 0) is 55.6 Å². The first-order chi connectivity index (χ1) is 14.6. The number of pyridine rings is 1. The van der Waals surface area contributed by atoms with Gasteiger partial charge in [0.15, 0.2) is 0 Å². The summed E-state index contributed by atoms with van der Waals surface area (Å²) in [7, 11) is 1.60. The van der Waals surface area contributed by atoms with E-state index in [2.05, 4.69) is 20.5 Å². The van der Waals surface area contributed by atoms with Gasteiger partial charge in [-0.25, -0.2) is 0 Å². The first-order valence-corrected chi connectivity index (χ1v) is 10.5. The van der Waals surface area contributed by atoms with Gasteiger partial charge in [0.05, 0.1) is 7.11 Å². The molecule has 7 heteroatoms. The molecule has 160 valence electrons. The average molecular weight is 411 g/mol. The van der Waals surface area contributed by atoms with E-state index in [0.29, 0.717) is 31.7 Å². The standard InChI is InChI=1S/C23H30N4O3/c1-30-21-6-2-5-20(16-21)26-23(29)19-4-3-14-27(15-10-22(28)25-13-9-19)17-18-7-11-24-12-8-18/h2,5-8,11-12,16,19H,3-4,9-10,13-15,17H2,1H3,(H,25,28)(H,26,29). The van der Waals surface area contributed by atoms with Crippen LogP contribution in [0.15, 0.2) is 48.8 Å². The number of nitrogens with one attached hydrogen (secondary N) is 2. The van der Waals surface area contributed by atoms with Gasteiger partial charge in [-0.2, -0.15) is 0 Å². The highest BCUT2D eigenvalue weighted by Gasteiger charge is 2.21. The number of methoxy groups -OCH3 is 1. The summed E-state index contributed by atoms with van der Waals surface area (Å²) in [5.41, 5.74) is 1.89. The molecule has 2 heterocycles. The van der Waals surface area contributed by atoms with Gasteiger partial charge in [0.2, 0.25) is 11.8 Å². The van der Waals surface area contributed by atoms with E-state index in [1.165, 1.54) is 5.56 Å². The van der Waals surface area contributed by atoms with Crippen LogP contribution in [0.2, 0.25) is 0 Å². The molecule has 3 rings (SSSR count). The lowest BCUT2D eigenvalue weighted by Crippen LogP contribution is -2.31. The number of aromatic nitrogens is 1. The highest BCUT2D eigenvalue weighted by molar-refractivity contribution is 5.92. The fourth-order valence-corrected chi connectivity index (χ4v) is 3.66. The fourth-order valence-electron chi connectivity index (χ4n) is 3.66. The summed E-state index contributed by atoms with van der Waals surface area (Å²) in [4.78, 5) is 31.4. The second-order valence-corrected chi connectivity index (χ2v) is 7.58. The molecule has 0 spiro atoms. The minimum Gasteiger partial charge on any atom is -0.497 e. The zero-order valence-electron chi connectivity index (χ0n) is 17.5. The molecule has 1 aliphatic heterocycles. The molecule has 1 aromatic carbocycles. The van der Waals surface area contributed by atoms with E-state index in [-0.39, 0.29) is 17.7 Å². The summed E-state index contributed by atoms with van der Waals surface area (Å²) in [6.45, 7) is 2.84. The van der Waals surface area contributed by atoms with Crippen molar-refractivity contribution in [2.75, 3.05) is 32.1 Å². The third kappa shape index (κ3) is 6.84. The lowest BCUT2D eigenvalue weighted by atomic mass is 9.97. The van der Waals surface area contributed by atoms with Crippen LogP contribution < -0.4 is 15.4 Å². The molecular weight excluding hydrogens is 380 g/mol. The monoisotopic (exact) mass is 410 g/mol. The molecule has 30 heavy (non-hydrogen) atoms. The highest BCUT2D eigenvalue weighted by atomic mass is 16.5. The van der Waals surface area contributed by atoms with Crippen LogP contribution in [0.5, 0.6) is 5.75 Å². The maximum atomic E-state index is 12.9. The first kappa shape index (κ1) is 21.8. The zero-order chi connectivity index (χ0) is 21.2. The van der Waals surface area contributed by atoms with Gasteiger partial charge in [0.25, 0.3) is 0 Å². The summed E-state index contributed by atoms with van der Waals surface area (Å²) in [5, 5.41) is 5.95. The maximum absolute atomic E-state index is 12.9. The van der Waals surface area contributed by atoms with Gasteiger partial charge in [0, 0.05) is 56.1 Å². The Morgan fingerprint density at radius 3 is 2.87 bits per heavy atom. The SMILES string of the molecule is COc1cccc(NC(=O)C2CCCN(Cc3ccncc3)CCC(=O)NCC2)c1. The van der Waals surface area contributed by atoms with E-state index < -0.39 is 0 Å². The molecule has 1 atom stereocenters. The number of ether oxygens (including phenoxy) is 1. The normalized spacial score (nSPS) is 18.7. The summed E-state index contributed by atoms with van der Waals surface area (Å²) in [6, 6.07) is 11.3. The lowest BCUT2D eigenvalue weighted by Gasteiger charge is -2.22. The van der Waals surface area contributed by atoms with Crippen molar-refractivity contribution < 1.29 is 14.3 Å². The first-order valence-electron chi connectivity index (χ1n) is 10.5. The van der Waals surface area contributed by atoms with E-state index in [9.17, 15) is 9.59 Å². The molecule has 0 radical (unpaired) electrons. The van der Waals surface area contributed by atoms with Gasteiger partial charge < -0.3 is 15.4 Å². The van der Waals surface area contributed by atoms with Crippen molar-refractivity contribution in [2.45, 2.75) is 32.2 Å². The number of hydrogen-bond acceptors (Lipinski definition) is 5. The molecule has 1 fully saturated rings. The number of carbonyl (C=O) groups is 2. The number of rotatable bonds is 5. The van der Waals surface area contributed by atoms with E-state index in [4.69, 9.17) is 4.74 Å². The van der Waals surface area contributed by atoms with Crippen LogP contribution in [0.1, 0.15) is 31.2 Å². The minimum absolute atomic E-state index is 0.0163. The number of nitrogens with zero attached hydrogens (tertiary/aromatic N) is 2. The number of amides is 2. The predicted molar refractivity (Wildman–Crippen MR) is 116 cm³/mol. The molecule has 0 bridgehead atoms. The summed E-state index contributed by atoms with van der Waals surface area (Å²) < 4.78 is 5.23. The molecule has 1 aliphatic rings. The topological polar surface area (TPSA) is 83.6 Å². The number of anilines is 1. The number of hydrogen-bond donors (Lipinski definition) is 2. The average Bonchev–Trinajstić information content (AvgIpc) is 2.80. The maximum Gasteiger partial charge on any atom is 0.227 e. The highest BCUT2D eigenvalue weighted by Crippen LogP contribution is 2.20. The smallest absolute Gasteiger partial charge is 0.227 e. The molecule has 2 N–H and O–H groups in total. The van der Waals surface area contributed by atoms with Crippen molar-refractivity contribution in [1.82, 2.24) is 15.2 Å². The summed E-state index contributed by atoms with van der Waals surface area (Å²) in [6.07, 6.45) is 6.34. The van der Waals surface area contributed by atoms with Crippen molar-refractivity contribution in [3.05, 3.63) is 54.4 Å². The van der Waals surface area contributed by atoms with Crippen LogP contribution >= 0.6 is 0 Å². The van der Waals surface area contributed by atoms with Crippen molar-refractivity contribution in [3.8, 4) is 5.75 Å². The second kappa shape index (κ2) is 11.3. The molecule has 7 nitrogen and oxygen atoms in total. The van der Waals surface area contributed by atoms with Crippen LogP contribution in [0.3, 0.4) is 0 Å². The van der Waals surface area contributed by atoms with Crippen molar-refractivity contribution >= 4 is 17.5 Å². The minimum atomic E-state index is -0.155. The lowest BCUT2D eigenvalue weighted by molar-refractivity contribution is -0.122. The Kier molecular flexibility index (Phi) is 8.20. The van der Waals surface area contributed by atoms with Gasteiger partial charge in [-0.1, -0.05) is 6.07 Å². The molecule has 0 aliphatic carbocycles. The van der Waals surface area contributed by atoms with Crippen molar-refractivity contribution in [3.63, 3.8) is 0 Å². The Morgan fingerprint density at radius 2 is 2.07 bits per heavy atom. The zero-order valence-corrected chi connectivity index (χ0v) is 17.5. The third-order valence-corrected chi connectivity index (χ3v) is 5.36. The Bertz CT molecular complexity index is 828. The Hall–Kier alpha value is -2.93. The largest absolute Gasteiger partial charge is 0.497 e. The van der Waals surface area contributed by atoms with E-state index >= 15 is 0 Å². The quantitative estimate of drug-likeness (QED) is 0.792. The van der Waals surface area contributed by atoms with Crippen LogP contribution in [-0.2, 0) is 16.1 Å². The molecule has 1 aromatic heterocycles. The van der Waals surface area contributed by atoms with E-state index in [1.54, 1.807) is 25.6 Å². The van der Waals surface area contributed by atoms with Gasteiger partial charge in [-0.15, -0.1) is 0 Å². The second-order valence-electron chi connectivity index (χ2n) is 7.58. The number of carbonyl (C=O) groups excluding carboxylic acids is 2. The van der Waals surface area contributed by atoms with Gasteiger partial charge in [0.1, 0.15) is 5.75 Å². The van der Waals surface area contributed by atoms with Crippen LogP contribution in [0, 0.1) is 5.92 Å². The third-order valence-electron chi connectivity index (χ3n) is 5.36. The Balaban J connectivity index is 1.61. The molecule has 2 aromatic rings. The predicted octanol–water partition coefficient (Wildman–Crippen LogP) is 2.84. The van der Waals surface area contributed by atoms with Crippen molar-refractivity contribution in [2.24, 2.45) is 5.92 Å². The summed E-state index contributed by atoms with van der Waals surface area (Å²) in [5.74, 6) is 0.563. The van der Waals surface area contributed by atoms with E-state index in [1.807, 2.05) is 30.3 Å². The molecule has 0 saturated carbocycles. The van der Waals surface area contributed by atoms with Crippen LogP contribution in [0.25, 0.3) is 0 Å². The summed E-state index contributed by atoms with van der Waals surface area (Å²) >= 11 is 0. The Morgan fingerprint density at radius 1 is 1.23 bits per heavy atom. The molecule has 1 unspecified atom stereocenters. The molecule has 2 amide bonds. The molecule has 1 saturated heterocycles.